The highest BCUT2D eigenvalue weighted by molar-refractivity contribution is 5.26. The van der Waals surface area contributed by atoms with E-state index in [1.807, 2.05) is 13.0 Å². The smallest absolute Gasteiger partial charge is 0.118 e. The Hall–Kier alpha value is -1.59. The van der Waals surface area contributed by atoms with Crippen LogP contribution in [0, 0.1) is 12.8 Å². The van der Waals surface area contributed by atoms with E-state index in [0.29, 0.717) is 5.92 Å². The molecule has 5 heteroatoms. The van der Waals surface area contributed by atoms with Crippen LogP contribution >= 0.6 is 0 Å². The number of furan rings is 1. The van der Waals surface area contributed by atoms with Crippen LogP contribution in [0.4, 0.5) is 0 Å². The summed E-state index contributed by atoms with van der Waals surface area (Å²) in [5.41, 5.74) is 2.58. The van der Waals surface area contributed by atoms with Crippen molar-refractivity contribution < 1.29 is 9.15 Å². The summed E-state index contributed by atoms with van der Waals surface area (Å²) >= 11 is 0. The van der Waals surface area contributed by atoms with Gasteiger partial charge in [-0.2, -0.15) is 5.10 Å². The van der Waals surface area contributed by atoms with E-state index in [0.717, 1.165) is 50.2 Å². The Balaban J connectivity index is 1.52. The zero-order valence-electron chi connectivity index (χ0n) is 14.0. The first kappa shape index (κ1) is 15.0. The molecule has 1 aliphatic heterocycles. The first-order valence-corrected chi connectivity index (χ1v) is 8.54. The highest BCUT2D eigenvalue weighted by Crippen LogP contribution is 2.33. The van der Waals surface area contributed by atoms with Gasteiger partial charge in [0.05, 0.1) is 18.8 Å². The first-order chi connectivity index (χ1) is 11.2. The number of ether oxygens (including phenoxy) is 1. The van der Waals surface area contributed by atoms with Crippen LogP contribution in [0.3, 0.4) is 0 Å². The summed E-state index contributed by atoms with van der Waals surface area (Å²) in [6.45, 7) is 6.54. The van der Waals surface area contributed by atoms with E-state index in [1.165, 1.54) is 24.1 Å². The van der Waals surface area contributed by atoms with E-state index in [-0.39, 0.29) is 0 Å². The Morgan fingerprint density at radius 3 is 2.91 bits per heavy atom. The maximum atomic E-state index is 5.74. The van der Waals surface area contributed by atoms with Crippen molar-refractivity contribution in [3.8, 4) is 0 Å². The van der Waals surface area contributed by atoms with Gasteiger partial charge in [0.15, 0.2) is 0 Å². The predicted molar refractivity (Wildman–Crippen MR) is 87.1 cm³/mol. The molecule has 0 saturated heterocycles. The molecule has 1 fully saturated rings. The molecule has 0 bridgehead atoms. The van der Waals surface area contributed by atoms with Crippen molar-refractivity contribution in [2.24, 2.45) is 5.92 Å². The minimum Gasteiger partial charge on any atom is -0.465 e. The lowest BCUT2D eigenvalue weighted by Gasteiger charge is -2.31. The summed E-state index contributed by atoms with van der Waals surface area (Å²) in [5.74, 6) is 3.24. The quantitative estimate of drug-likeness (QED) is 0.822. The van der Waals surface area contributed by atoms with Crippen LogP contribution in [0.25, 0.3) is 0 Å². The van der Waals surface area contributed by atoms with Crippen molar-refractivity contribution in [2.75, 3.05) is 20.3 Å². The number of methoxy groups -OCH3 is 1. The molecule has 0 unspecified atom stereocenters. The van der Waals surface area contributed by atoms with Crippen molar-refractivity contribution in [3.05, 3.63) is 41.1 Å². The molecule has 5 nitrogen and oxygen atoms in total. The van der Waals surface area contributed by atoms with Gasteiger partial charge in [-0.25, -0.2) is 0 Å². The Labute approximate surface area is 137 Å². The largest absolute Gasteiger partial charge is 0.465 e. The second-order valence-electron chi connectivity index (χ2n) is 7.03. The monoisotopic (exact) mass is 315 g/mol. The molecule has 1 aliphatic carbocycles. The standard InChI is InChI=1S/C18H25N3O2/c1-13-3-6-16(23-13)9-20-8-15(12-22-2)17-10-21(7-14-4-5-14)19-18(17)11-20/h3,6,10,14-15H,4-5,7-9,11-12H2,1-2H3/t15-/m0/s1. The minimum absolute atomic E-state index is 0.396. The van der Waals surface area contributed by atoms with Gasteiger partial charge in [0.25, 0.3) is 0 Å². The summed E-state index contributed by atoms with van der Waals surface area (Å²) in [4.78, 5) is 2.42. The Morgan fingerprint density at radius 2 is 2.22 bits per heavy atom. The van der Waals surface area contributed by atoms with Gasteiger partial charge in [-0.05, 0) is 37.8 Å². The molecule has 2 aliphatic rings. The molecule has 4 rings (SSSR count). The topological polar surface area (TPSA) is 43.4 Å². The molecule has 0 N–H and O–H groups in total. The number of hydrogen-bond donors (Lipinski definition) is 0. The van der Waals surface area contributed by atoms with Crippen LogP contribution in [-0.2, 0) is 24.4 Å². The van der Waals surface area contributed by atoms with Crippen molar-refractivity contribution in [1.29, 1.82) is 0 Å². The van der Waals surface area contributed by atoms with Crippen LogP contribution in [0.15, 0.2) is 22.7 Å². The van der Waals surface area contributed by atoms with Gasteiger partial charge < -0.3 is 9.15 Å². The molecule has 2 aromatic rings. The normalized spacial score (nSPS) is 21.6. The third kappa shape index (κ3) is 3.35. The maximum Gasteiger partial charge on any atom is 0.118 e. The summed E-state index contributed by atoms with van der Waals surface area (Å²) in [6.07, 6.45) is 4.97. The Bertz CT molecular complexity index is 672. The molecular weight excluding hydrogens is 290 g/mol. The van der Waals surface area contributed by atoms with Crippen LogP contribution in [0.1, 0.15) is 41.5 Å². The van der Waals surface area contributed by atoms with E-state index in [2.05, 4.69) is 21.8 Å². The van der Waals surface area contributed by atoms with Gasteiger partial charge in [0, 0.05) is 44.4 Å². The van der Waals surface area contributed by atoms with Crippen LogP contribution < -0.4 is 0 Å². The van der Waals surface area contributed by atoms with Crippen LogP contribution in [-0.4, -0.2) is 34.9 Å². The van der Waals surface area contributed by atoms with Crippen LogP contribution in [0.2, 0.25) is 0 Å². The maximum absolute atomic E-state index is 5.74. The number of fused-ring (bicyclic) bond motifs is 1. The molecule has 3 heterocycles. The minimum atomic E-state index is 0.396. The van der Waals surface area contributed by atoms with E-state index >= 15 is 0 Å². The zero-order chi connectivity index (χ0) is 15.8. The van der Waals surface area contributed by atoms with Gasteiger partial charge >= 0.3 is 0 Å². The summed E-state index contributed by atoms with van der Waals surface area (Å²) < 4.78 is 13.4. The second kappa shape index (κ2) is 6.13. The lowest BCUT2D eigenvalue weighted by atomic mass is 9.95. The lowest BCUT2D eigenvalue weighted by Crippen LogP contribution is -2.34. The van der Waals surface area contributed by atoms with Crippen molar-refractivity contribution in [2.45, 2.75) is 45.3 Å². The van der Waals surface area contributed by atoms with Gasteiger partial charge in [0.2, 0.25) is 0 Å². The number of aryl methyl sites for hydroxylation is 1. The van der Waals surface area contributed by atoms with E-state index in [9.17, 15) is 0 Å². The first-order valence-electron chi connectivity index (χ1n) is 8.54. The summed E-state index contributed by atoms with van der Waals surface area (Å²) in [5, 5.41) is 4.85. The fraction of sp³-hybridized carbons (Fsp3) is 0.611. The van der Waals surface area contributed by atoms with Crippen LogP contribution in [0.5, 0.6) is 0 Å². The third-order valence-corrected chi connectivity index (χ3v) is 4.85. The molecule has 1 atom stereocenters. The average Bonchev–Trinajstić information content (AvgIpc) is 3.08. The molecule has 0 amide bonds. The fourth-order valence-corrected chi connectivity index (χ4v) is 3.54. The molecule has 23 heavy (non-hydrogen) atoms. The molecule has 0 radical (unpaired) electrons. The fourth-order valence-electron chi connectivity index (χ4n) is 3.54. The molecule has 2 aromatic heterocycles. The summed E-state index contributed by atoms with van der Waals surface area (Å²) in [6, 6.07) is 4.10. The van der Waals surface area contributed by atoms with Crippen molar-refractivity contribution >= 4 is 0 Å². The Kier molecular flexibility index (Phi) is 3.99. The van der Waals surface area contributed by atoms with Gasteiger partial charge in [-0.1, -0.05) is 0 Å². The van der Waals surface area contributed by atoms with Crippen molar-refractivity contribution in [3.63, 3.8) is 0 Å². The number of aromatic nitrogens is 2. The number of hydrogen-bond acceptors (Lipinski definition) is 4. The van der Waals surface area contributed by atoms with E-state index < -0.39 is 0 Å². The second-order valence-corrected chi connectivity index (χ2v) is 7.03. The number of nitrogens with zero attached hydrogens (tertiary/aromatic N) is 3. The summed E-state index contributed by atoms with van der Waals surface area (Å²) in [7, 11) is 1.78. The zero-order valence-corrected chi connectivity index (χ0v) is 14.0. The molecule has 0 spiro atoms. The Morgan fingerprint density at radius 1 is 1.35 bits per heavy atom. The highest BCUT2D eigenvalue weighted by atomic mass is 16.5. The van der Waals surface area contributed by atoms with Crippen molar-refractivity contribution in [1.82, 2.24) is 14.7 Å². The van der Waals surface area contributed by atoms with E-state index in [4.69, 9.17) is 14.3 Å². The number of rotatable bonds is 6. The SMILES string of the molecule is COC[C@@H]1CN(Cc2ccc(C)o2)Cc2nn(CC3CC3)cc21. The van der Waals surface area contributed by atoms with Gasteiger partial charge in [0.1, 0.15) is 11.5 Å². The van der Waals surface area contributed by atoms with Gasteiger partial charge in [-0.3, -0.25) is 9.58 Å². The molecule has 124 valence electrons. The molecule has 1 saturated carbocycles. The lowest BCUT2D eigenvalue weighted by molar-refractivity contribution is 0.131. The molecular formula is C18H25N3O2. The highest BCUT2D eigenvalue weighted by Gasteiger charge is 2.30. The third-order valence-electron chi connectivity index (χ3n) is 4.85. The van der Waals surface area contributed by atoms with Gasteiger partial charge in [-0.15, -0.1) is 0 Å². The predicted octanol–water partition coefficient (Wildman–Crippen LogP) is 2.94. The molecule has 0 aromatic carbocycles. The van der Waals surface area contributed by atoms with E-state index in [1.54, 1.807) is 7.11 Å². The average molecular weight is 315 g/mol.